The first-order valence-electron chi connectivity index (χ1n) is 4.32. The molecule has 0 aliphatic carbocycles. The smallest absolute Gasteiger partial charge is 0.231 e. The lowest BCUT2D eigenvalue weighted by Gasteiger charge is -2.07. The second kappa shape index (κ2) is 3.87. The molecular formula is C9H15FN2O. The van der Waals surface area contributed by atoms with Gasteiger partial charge in [0.25, 0.3) is 0 Å². The molecule has 1 heterocycles. The van der Waals surface area contributed by atoms with Crippen molar-refractivity contribution in [3.05, 3.63) is 17.8 Å². The van der Waals surface area contributed by atoms with E-state index in [4.69, 9.17) is 4.42 Å². The van der Waals surface area contributed by atoms with Crippen LogP contribution in [0.4, 0.5) is 4.39 Å². The van der Waals surface area contributed by atoms with E-state index in [1.54, 1.807) is 6.20 Å². The molecule has 0 unspecified atom stereocenters. The van der Waals surface area contributed by atoms with Gasteiger partial charge >= 0.3 is 0 Å². The third-order valence-electron chi connectivity index (χ3n) is 1.68. The van der Waals surface area contributed by atoms with E-state index in [1.807, 2.05) is 7.05 Å². The van der Waals surface area contributed by atoms with Crippen LogP contribution in [0.1, 0.15) is 25.5 Å². The van der Waals surface area contributed by atoms with Gasteiger partial charge in [0, 0.05) is 13.0 Å². The number of rotatable bonds is 4. The molecule has 1 rings (SSSR count). The van der Waals surface area contributed by atoms with Crippen molar-refractivity contribution in [2.24, 2.45) is 0 Å². The van der Waals surface area contributed by atoms with Gasteiger partial charge in [-0.15, -0.1) is 0 Å². The Labute approximate surface area is 77.4 Å². The van der Waals surface area contributed by atoms with E-state index in [0.29, 0.717) is 0 Å². The van der Waals surface area contributed by atoms with E-state index in [-0.39, 0.29) is 5.89 Å². The number of alkyl halides is 1. The van der Waals surface area contributed by atoms with Crippen molar-refractivity contribution in [3.8, 4) is 0 Å². The topological polar surface area (TPSA) is 38.1 Å². The molecular weight excluding hydrogens is 171 g/mol. The zero-order valence-electron chi connectivity index (χ0n) is 8.22. The normalized spacial score (nSPS) is 12.0. The summed E-state index contributed by atoms with van der Waals surface area (Å²) in [6, 6.07) is 0. The summed E-state index contributed by atoms with van der Waals surface area (Å²) >= 11 is 0. The third-order valence-corrected chi connectivity index (χ3v) is 1.68. The van der Waals surface area contributed by atoms with Crippen molar-refractivity contribution in [2.45, 2.75) is 25.9 Å². The number of hydrogen-bond acceptors (Lipinski definition) is 3. The van der Waals surface area contributed by atoms with Gasteiger partial charge < -0.3 is 9.73 Å². The summed E-state index contributed by atoms with van der Waals surface area (Å²) in [5.74, 6) is 0.869. The Bertz CT molecular complexity index is 265. The molecule has 0 aliphatic rings. The van der Waals surface area contributed by atoms with E-state index in [9.17, 15) is 4.39 Å². The van der Waals surface area contributed by atoms with Gasteiger partial charge in [0.1, 0.15) is 5.76 Å². The van der Waals surface area contributed by atoms with E-state index < -0.39 is 5.67 Å². The van der Waals surface area contributed by atoms with Gasteiger partial charge in [-0.1, -0.05) is 0 Å². The first kappa shape index (κ1) is 10.2. The molecule has 4 heteroatoms. The third kappa shape index (κ3) is 2.81. The van der Waals surface area contributed by atoms with Gasteiger partial charge in [0.2, 0.25) is 5.89 Å². The van der Waals surface area contributed by atoms with Crippen molar-refractivity contribution in [3.63, 3.8) is 0 Å². The Kier molecular flexibility index (Phi) is 3.03. The molecule has 1 N–H and O–H groups in total. The van der Waals surface area contributed by atoms with Crippen LogP contribution in [0.25, 0.3) is 0 Å². The van der Waals surface area contributed by atoms with Crippen LogP contribution in [0.3, 0.4) is 0 Å². The SMILES string of the molecule is CNCCc1cnc(C(C)(C)F)o1. The second-order valence-electron chi connectivity index (χ2n) is 3.46. The van der Waals surface area contributed by atoms with Gasteiger partial charge in [-0.05, 0) is 20.9 Å². The van der Waals surface area contributed by atoms with E-state index in [2.05, 4.69) is 10.3 Å². The number of nitrogens with one attached hydrogen (secondary N) is 1. The van der Waals surface area contributed by atoms with Gasteiger partial charge in [-0.25, -0.2) is 9.37 Å². The van der Waals surface area contributed by atoms with Crippen molar-refractivity contribution in [1.82, 2.24) is 10.3 Å². The molecule has 0 aliphatic heterocycles. The maximum absolute atomic E-state index is 13.3. The Morgan fingerprint density at radius 3 is 2.77 bits per heavy atom. The van der Waals surface area contributed by atoms with Gasteiger partial charge in [0.05, 0.1) is 6.20 Å². The zero-order valence-corrected chi connectivity index (χ0v) is 8.22. The predicted octanol–water partition coefficient (Wildman–Crippen LogP) is 1.64. The average Bonchev–Trinajstić information content (AvgIpc) is 2.47. The van der Waals surface area contributed by atoms with Crippen molar-refractivity contribution in [2.75, 3.05) is 13.6 Å². The second-order valence-corrected chi connectivity index (χ2v) is 3.46. The molecule has 13 heavy (non-hydrogen) atoms. The molecule has 1 aromatic heterocycles. The quantitative estimate of drug-likeness (QED) is 0.776. The number of hydrogen-bond donors (Lipinski definition) is 1. The minimum absolute atomic E-state index is 0.151. The molecule has 0 spiro atoms. The predicted molar refractivity (Wildman–Crippen MR) is 48.3 cm³/mol. The first-order valence-corrected chi connectivity index (χ1v) is 4.32. The number of halogens is 1. The number of aromatic nitrogens is 1. The highest BCUT2D eigenvalue weighted by Gasteiger charge is 2.24. The lowest BCUT2D eigenvalue weighted by molar-refractivity contribution is 0.167. The minimum atomic E-state index is -1.49. The molecule has 0 fully saturated rings. The molecule has 0 aromatic carbocycles. The lowest BCUT2D eigenvalue weighted by Crippen LogP contribution is -2.10. The fourth-order valence-electron chi connectivity index (χ4n) is 0.946. The van der Waals surface area contributed by atoms with Crippen LogP contribution in [0, 0.1) is 0 Å². The molecule has 74 valence electrons. The molecule has 1 aromatic rings. The molecule has 0 amide bonds. The maximum atomic E-state index is 13.3. The fourth-order valence-corrected chi connectivity index (χ4v) is 0.946. The standard InChI is InChI=1S/C9H15FN2O/c1-9(2,10)8-12-6-7(13-8)4-5-11-3/h6,11H,4-5H2,1-3H3. The summed E-state index contributed by atoms with van der Waals surface area (Å²) in [4.78, 5) is 3.87. The van der Waals surface area contributed by atoms with Crippen molar-refractivity contribution >= 4 is 0 Å². The molecule has 0 saturated heterocycles. The lowest BCUT2D eigenvalue weighted by atomic mass is 10.2. The largest absolute Gasteiger partial charge is 0.442 e. The fraction of sp³-hybridized carbons (Fsp3) is 0.667. The van der Waals surface area contributed by atoms with Crippen LogP contribution in [-0.4, -0.2) is 18.6 Å². The molecule has 3 nitrogen and oxygen atoms in total. The number of nitrogens with zero attached hydrogens (tertiary/aromatic N) is 1. The Morgan fingerprint density at radius 2 is 2.31 bits per heavy atom. The van der Waals surface area contributed by atoms with E-state index in [0.717, 1.165) is 18.7 Å². The van der Waals surface area contributed by atoms with Crippen LogP contribution in [0.2, 0.25) is 0 Å². The summed E-state index contributed by atoms with van der Waals surface area (Å²) in [6.07, 6.45) is 2.31. The number of oxazole rings is 1. The van der Waals surface area contributed by atoms with Gasteiger partial charge in [-0.2, -0.15) is 0 Å². The monoisotopic (exact) mass is 186 g/mol. The molecule has 0 bridgehead atoms. The van der Waals surface area contributed by atoms with Crippen LogP contribution in [0.15, 0.2) is 10.6 Å². The summed E-state index contributed by atoms with van der Waals surface area (Å²) < 4.78 is 18.5. The molecule has 0 radical (unpaired) electrons. The summed E-state index contributed by atoms with van der Waals surface area (Å²) in [7, 11) is 1.86. The summed E-state index contributed by atoms with van der Waals surface area (Å²) in [6.45, 7) is 3.67. The maximum Gasteiger partial charge on any atom is 0.231 e. The van der Waals surface area contributed by atoms with Crippen molar-refractivity contribution < 1.29 is 8.81 Å². The Balaban J connectivity index is 2.64. The highest BCUT2D eigenvalue weighted by molar-refractivity contribution is 5.00. The van der Waals surface area contributed by atoms with E-state index >= 15 is 0 Å². The summed E-state index contributed by atoms with van der Waals surface area (Å²) in [5, 5.41) is 2.98. The van der Waals surface area contributed by atoms with E-state index in [1.165, 1.54) is 13.8 Å². The summed E-state index contributed by atoms with van der Waals surface area (Å²) in [5.41, 5.74) is -1.49. The average molecular weight is 186 g/mol. The Morgan fingerprint density at radius 1 is 1.62 bits per heavy atom. The molecule has 0 atom stereocenters. The first-order chi connectivity index (χ1) is 6.04. The highest BCUT2D eigenvalue weighted by atomic mass is 19.1. The minimum Gasteiger partial charge on any atom is -0.442 e. The Hall–Kier alpha value is -0.900. The zero-order chi connectivity index (χ0) is 9.90. The van der Waals surface area contributed by atoms with Gasteiger partial charge in [-0.3, -0.25) is 0 Å². The van der Waals surface area contributed by atoms with Crippen LogP contribution in [0.5, 0.6) is 0 Å². The van der Waals surface area contributed by atoms with Crippen LogP contribution < -0.4 is 5.32 Å². The van der Waals surface area contributed by atoms with Crippen molar-refractivity contribution in [1.29, 1.82) is 0 Å². The number of likely N-dealkylation sites (N-methyl/N-ethyl adjacent to an activating group) is 1. The van der Waals surface area contributed by atoms with Crippen LogP contribution >= 0.6 is 0 Å². The molecule has 0 saturated carbocycles. The highest BCUT2D eigenvalue weighted by Crippen LogP contribution is 2.23. The van der Waals surface area contributed by atoms with Crippen LogP contribution in [-0.2, 0) is 12.1 Å². The van der Waals surface area contributed by atoms with Gasteiger partial charge in [0.15, 0.2) is 5.67 Å².